The van der Waals surface area contributed by atoms with Gasteiger partial charge in [-0.15, -0.1) is 0 Å². The number of ether oxygens (including phenoxy) is 1. The molecule has 0 atom stereocenters. The van der Waals surface area contributed by atoms with E-state index < -0.39 is 0 Å². The highest BCUT2D eigenvalue weighted by molar-refractivity contribution is 5.81. The third kappa shape index (κ3) is 4.80. The second-order valence-electron chi connectivity index (χ2n) is 6.24. The number of aromatic nitrogens is 2. The van der Waals surface area contributed by atoms with Crippen LogP contribution in [0.4, 0.5) is 5.95 Å². The quantitative estimate of drug-likeness (QED) is 0.377. The molecule has 6 heteroatoms. The Balaban J connectivity index is 1.86. The van der Waals surface area contributed by atoms with Gasteiger partial charge in [0.15, 0.2) is 0 Å². The number of nitrogens with one attached hydrogen (secondary N) is 1. The average molecular weight is 364 g/mol. The van der Waals surface area contributed by atoms with Gasteiger partial charge in [-0.2, -0.15) is 5.10 Å². The van der Waals surface area contributed by atoms with Crippen LogP contribution >= 0.6 is 0 Å². The van der Waals surface area contributed by atoms with Crippen LogP contribution in [0.2, 0.25) is 0 Å². The molecule has 0 spiro atoms. The van der Waals surface area contributed by atoms with Gasteiger partial charge < -0.3 is 4.74 Å². The average Bonchev–Trinajstić information content (AvgIpc) is 2.68. The van der Waals surface area contributed by atoms with Crippen molar-refractivity contribution in [3.8, 4) is 0 Å². The van der Waals surface area contributed by atoms with E-state index in [-0.39, 0.29) is 5.56 Å². The van der Waals surface area contributed by atoms with Gasteiger partial charge in [0.25, 0.3) is 5.56 Å². The normalized spacial score (nSPS) is 11.3. The van der Waals surface area contributed by atoms with Crippen molar-refractivity contribution in [3.05, 3.63) is 70.0 Å². The lowest BCUT2D eigenvalue weighted by atomic mass is 10.2. The van der Waals surface area contributed by atoms with E-state index in [1.807, 2.05) is 56.3 Å². The first-order valence-corrected chi connectivity index (χ1v) is 9.12. The lowest BCUT2D eigenvalue weighted by Crippen LogP contribution is -2.25. The Morgan fingerprint density at radius 3 is 2.74 bits per heavy atom. The molecule has 0 fully saturated rings. The largest absolute Gasteiger partial charge is 0.382 e. The van der Waals surface area contributed by atoms with Crippen molar-refractivity contribution < 1.29 is 4.74 Å². The van der Waals surface area contributed by atoms with Gasteiger partial charge in [-0.3, -0.25) is 9.36 Å². The van der Waals surface area contributed by atoms with Gasteiger partial charge in [0.05, 0.1) is 17.1 Å². The summed E-state index contributed by atoms with van der Waals surface area (Å²) < 4.78 is 7.00. The molecule has 0 aliphatic carbocycles. The predicted molar refractivity (Wildman–Crippen MR) is 110 cm³/mol. The minimum absolute atomic E-state index is 0.0786. The molecular weight excluding hydrogens is 340 g/mol. The molecule has 1 N–H and O–H groups in total. The van der Waals surface area contributed by atoms with Gasteiger partial charge in [-0.25, -0.2) is 10.4 Å². The molecule has 0 aliphatic heterocycles. The number of hydrazone groups is 1. The number of hydrogen-bond acceptors (Lipinski definition) is 5. The Hall–Kier alpha value is -2.99. The van der Waals surface area contributed by atoms with Crippen LogP contribution in [0, 0.1) is 6.92 Å². The predicted octanol–water partition coefficient (Wildman–Crippen LogP) is 3.58. The van der Waals surface area contributed by atoms with Crippen LogP contribution in [0.15, 0.2) is 58.4 Å². The van der Waals surface area contributed by atoms with Crippen LogP contribution in [0.25, 0.3) is 10.9 Å². The van der Waals surface area contributed by atoms with Crippen LogP contribution in [-0.4, -0.2) is 29.0 Å². The van der Waals surface area contributed by atoms with Crippen LogP contribution in [0.1, 0.15) is 24.5 Å². The molecule has 0 bridgehead atoms. The highest BCUT2D eigenvalue weighted by Gasteiger charge is 2.10. The summed E-state index contributed by atoms with van der Waals surface area (Å²) in [4.78, 5) is 17.5. The fourth-order valence-corrected chi connectivity index (χ4v) is 2.75. The van der Waals surface area contributed by atoms with Gasteiger partial charge in [0.1, 0.15) is 0 Å². The molecule has 0 saturated heterocycles. The van der Waals surface area contributed by atoms with Gasteiger partial charge >= 0.3 is 0 Å². The zero-order valence-electron chi connectivity index (χ0n) is 15.7. The van der Waals surface area contributed by atoms with Crippen LogP contribution in [-0.2, 0) is 11.3 Å². The zero-order chi connectivity index (χ0) is 19.1. The van der Waals surface area contributed by atoms with Crippen molar-refractivity contribution in [1.82, 2.24) is 9.55 Å². The van der Waals surface area contributed by atoms with Crippen LogP contribution < -0.4 is 11.0 Å². The van der Waals surface area contributed by atoms with E-state index in [0.717, 1.165) is 12.0 Å². The van der Waals surface area contributed by atoms with E-state index in [1.54, 1.807) is 16.8 Å². The topological polar surface area (TPSA) is 68.5 Å². The molecular formula is C21H24N4O2. The third-order valence-electron chi connectivity index (χ3n) is 4.19. The summed E-state index contributed by atoms with van der Waals surface area (Å²) >= 11 is 0. The maximum Gasteiger partial charge on any atom is 0.262 e. The SMILES string of the molecule is CCOCCCn1c(N/N=C\c2ccc(C)cc2)nc2ccccc2c1=O. The Labute approximate surface area is 158 Å². The zero-order valence-corrected chi connectivity index (χ0v) is 15.7. The smallest absolute Gasteiger partial charge is 0.262 e. The second-order valence-corrected chi connectivity index (χ2v) is 6.24. The van der Waals surface area contributed by atoms with Gasteiger partial charge in [0.2, 0.25) is 5.95 Å². The Morgan fingerprint density at radius 2 is 1.96 bits per heavy atom. The van der Waals surface area contributed by atoms with Crippen molar-refractivity contribution in [2.75, 3.05) is 18.6 Å². The Kier molecular flexibility index (Phi) is 6.33. The lowest BCUT2D eigenvalue weighted by Gasteiger charge is -2.12. The molecule has 0 amide bonds. The van der Waals surface area contributed by atoms with E-state index in [1.165, 1.54) is 5.56 Å². The fourth-order valence-electron chi connectivity index (χ4n) is 2.75. The summed E-state index contributed by atoms with van der Waals surface area (Å²) in [5.74, 6) is 0.429. The van der Waals surface area contributed by atoms with E-state index >= 15 is 0 Å². The molecule has 140 valence electrons. The standard InChI is InChI=1S/C21H24N4O2/c1-3-27-14-6-13-25-20(26)18-7-4-5-8-19(18)23-21(25)24-22-15-17-11-9-16(2)10-12-17/h4-5,7-12,15H,3,6,13-14H2,1-2H3,(H,23,24)/b22-15-. The first-order chi connectivity index (χ1) is 13.2. The van der Waals surface area contributed by atoms with Crippen molar-refractivity contribution in [2.45, 2.75) is 26.8 Å². The Morgan fingerprint density at radius 1 is 1.19 bits per heavy atom. The molecule has 0 saturated carbocycles. The summed E-state index contributed by atoms with van der Waals surface area (Å²) in [6.07, 6.45) is 2.44. The summed E-state index contributed by atoms with van der Waals surface area (Å²) in [5.41, 5.74) is 5.67. The van der Waals surface area contributed by atoms with E-state index in [4.69, 9.17) is 4.74 Å². The van der Waals surface area contributed by atoms with Crippen LogP contribution in [0.3, 0.4) is 0 Å². The summed E-state index contributed by atoms with van der Waals surface area (Å²) in [6, 6.07) is 15.4. The van der Waals surface area contributed by atoms with E-state index in [0.29, 0.717) is 36.6 Å². The number of benzene rings is 2. The minimum atomic E-state index is -0.0786. The first-order valence-electron chi connectivity index (χ1n) is 9.12. The van der Waals surface area contributed by atoms with Gasteiger partial charge in [-0.05, 0) is 38.0 Å². The van der Waals surface area contributed by atoms with Crippen molar-refractivity contribution in [3.63, 3.8) is 0 Å². The minimum Gasteiger partial charge on any atom is -0.382 e. The third-order valence-corrected chi connectivity index (χ3v) is 4.19. The number of aryl methyl sites for hydroxylation is 1. The molecule has 0 aliphatic rings. The molecule has 3 aromatic rings. The highest BCUT2D eigenvalue weighted by Crippen LogP contribution is 2.12. The van der Waals surface area contributed by atoms with Gasteiger partial charge in [-0.1, -0.05) is 42.0 Å². The van der Waals surface area contributed by atoms with Crippen LogP contribution in [0.5, 0.6) is 0 Å². The number of nitrogens with zero attached hydrogens (tertiary/aromatic N) is 3. The number of para-hydroxylation sites is 1. The number of rotatable bonds is 8. The van der Waals surface area contributed by atoms with E-state index in [9.17, 15) is 4.79 Å². The Bertz CT molecular complexity index is 978. The van der Waals surface area contributed by atoms with E-state index in [2.05, 4.69) is 15.5 Å². The molecule has 1 heterocycles. The van der Waals surface area contributed by atoms with Gasteiger partial charge in [0, 0.05) is 19.8 Å². The monoisotopic (exact) mass is 364 g/mol. The number of anilines is 1. The molecule has 0 radical (unpaired) electrons. The lowest BCUT2D eigenvalue weighted by molar-refractivity contribution is 0.141. The molecule has 0 unspecified atom stereocenters. The summed E-state index contributed by atoms with van der Waals surface area (Å²) in [6.45, 7) is 5.77. The molecule has 6 nitrogen and oxygen atoms in total. The summed E-state index contributed by atoms with van der Waals surface area (Å²) in [5, 5.41) is 4.87. The molecule has 1 aromatic heterocycles. The van der Waals surface area contributed by atoms with Crippen molar-refractivity contribution in [2.24, 2.45) is 5.10 Å². The maximum absolute atomic E-state index is 12.9. The number of hydrogen-bond donors (Lipinski definition) is 1. The molecule has 3 rings (SSSR count). The second kappa shape index (κ2) is 9.09. The summed E-state index contributed by atoms with van der Waals surface area (Å²) in [7, 11) is 0. The fraction of sp³-hybridized carbons (Fsp3) is 0.286. The van der Waals surface area contributed by atoms with Crippen molar-refractivity contribution in [1.29, 1.82) is 0 Å². The molecule has 2 aromatic carbocycles. The first kappa shape index (κ1) is 18.8. The molecule has 27 heavy (non-hydrogen) atoms. The van der Waals surface area contributed by atoms with Crippen molar-refractivity contribution >= 4 is 23.1 Å². The number of fused-ring (bicyclic) bond motifs is 1. The highest BCUT2D eigenvalue weighted by atomic mass is 16.5. The maximum atomic E-state index is 12.9.